The molecule has 0 saturated heterocycles. The molecule has 0 aliphatic carbocycles. The van der Waals surface area contributed by atoms with Crippen LogP contribution in [0.25, 0.3) is 11.1 Å². The molecule has 0 N–H and O–H groups in total. The summed E-state index contributed by atoms with van der Waals surface area (Å²) in [5, 5.41) is 1.28. The van der Waals surface area contributed by atoms with Crippen molar-refractivity contribution in [3.8, 4) is 11.5 Å². The Hall–Kier alpha value is -3.66. The van der Waals surface area contributed by atoms with Crippen molar-refractivity contribution in [1.29, 1.82) is 0 Å². The van der Waals surface area contributed by atoms with Gasteiger partial charge in [0.25, 0.3) is 0 Å². The Bertz CT molecular complexity index is 1100. The van der Waals surface area contributed by atoms with Gasteiger partial charge in [-0.15, -0.1) is 0 Å². The van der Waals surface area contributed by atoms with E-state index in [0.29, 0.717) is 33.1 Å². The van der Waals surface area contributed by atoms with Crippen molar-refractivity contribution in [2.24, 2.45) is 0 Å². The highest BCUT2D eigenvalue weighted by molar-refractivity contribution is 6.22. The number of esters is 2. The van der Waals surface area contributed by atoms with Crippen molar-refractivity contribution in [3.05, 3.63) is 94.4 Å². The number of hydrogen-bond donors (Lipinski definition) is 0. The minimum absolute atomic E-state index is 0.311. The third kappa shape index (κ3) is 2.02. The van der Waals surface area contributed by atoms with Crippen LogP contribution in [0.3, 0.4) is 0 Å². The van der Waals surface area contributed by atoms with E-state index in [4.69, 9.17) is 9.47 Å². The van der Waals surface area contributed by atoms with Gasteiger partial charge in [-0.1, -0.05) is 60.7 Å². The van der Waals surface area contributed by atoms with E-state index in [1.54, 1.807) is 0 Å². The SMILES string of the molecule is O=C1Oc2c3c(ccc2=C1c1ccccc1)=C(c1ccccc1)C(=O)O3. The zero-order valence-electron chi connectivity index (χ0n) is 13.6. The number of rotatable bonds is 2. The van der Waals surface area contributed by atoms with Crippen molar-refractivity contribution in [3.63, 3.8) is 0 Å². The highest BCUT2D eigenvalue weighted by Gasteiger charge is 2.33. The Kier molecular flexibility index (Phi) is 3.06. The largest absolute Gasteiger partial charge is 0.418 e. The average Bonchev–Trinajstić information content (AvgIpc) is 3.19. The van der Waals surface area contributed by atoms with E-state index in [1.807, 2.05) is 72.8 Å². The van der Waals surface area contributed by atoms with Crippen LogP contribution in [0.5, 0.6) is 11.5 Å². The first kappa shape index (κ1) is 14.7. The third-order valence-electron chi connectivity index (χ3n) is 4.57. The molecule has 3 aromatic carbocycles. The number of carbonyl (C=O) groups is 2. The summed E-state index contributed by atoms with van der Waals surface area (Å²) in [5.74, 6) is -0.260. The van der Waals surface area contributed by atoms with Gasteiger partial charge in [-0.2, -0.15) is 0 Å². The molecule has 2 heterocycles. The second kappa shape index (κ2) is 5.43. The van der Waals surface area contributed by atoms with Crippen LogP contribution in [0, 0.1) is 0 Å². The molecule has 0 atom stereocenters. The Labute approximate surface area is 148 Å². The molecule has 124 valence electrons. The summed E-state index contributed by atoms with van der Waals surface area (Å²) in [6, 6.07) is 22.3. The van der Waals surface area contributed by atoms with Gasteiger partial charge in [-0.3, -0.25) is 0 Å². The van der Waals surface area contributed by atoms with Gasteiger partial charge in [0.05, 0.1) is 11.1 Å². The van der Waals surface area contributed by atoms with Crippen molar-refractivity contribution in [1.82, 2.24) is 0 Å². The standard InChI is InChI=1S/C22H12O4/c23-21-17(13-7-3-1-4-8-13)15-11-12-16-18(14-9-5-2-6-10-14)22(24)26-20(16)19(15)25-21/h1-12H. The molecule has 4 nitrogen and oxygen atoms in total. The van der Waals surface area contributed by atoms with E-state index < -0.39 is 11.9 Å². The Morgan fingerprint density at radius 1 is 0.500 bits per heavy atom. The third-order valence-corrected chi connectivity index (χ3v) is 4.57. The first-order valence-electron chi connectivity index (χ1n) is 8.21. The van der Waals surface area contributed by atoms with E-state index in [1.165, 1.54) is 0 Å². The predicted molar refractivity (Wildman–Crippen MR) is 94.9 cm³/mol. The molecule has 5 rings (SSSR count). The Morgan fingerprint density at radius 3 is 1.27 bits per heavy atom. The van der Waals surface area contributed by atoms with E-state index >= 15 is 0 Å². The number of fused-ring (bicyclic) bond motifs is 3. The van der Waals surface area contributed by atoms with E-state index in [2.05, 4.69) is 0 Å². The normalized spacial score (nSPS) is 14.8. The zero-order chi connectivity index (χ0) is 17.7. The smallest absolute Gasteiger partial charge is 0.345 e. The zero-order valence-corrected chi connectivity index (χ0v) is 13.6. The lowest BCUT2D eigenvalue weighted by Gasteiger charge is -2.01. The molecule has 4 heteroatoms. The quantitative estimate of drug-likeness (QED) is 0.528. The number of carbonyl (C=O) groups excluding carboxylic acids is 2. The molecule has 0 saturated carbocycles. The first-order chi connectivity index (χ1) is 12.7. The number of ether oxygens (including phenoxy) is 2. The average molecular weight is 340 g/mol. The number of hydrogen-bond acceptors (Lipinski definition) is 4. The molecule has 0 spiro atoms. The van der Waals surface area contributed by atoms with Crippen LogP contribution in [0.15, 0.2) is 72.8 Å². The molecule has 0 unspecified atom stereocenters. The molecular weight excluding hydrogens is 328 g/mol. The molecule has 0 radical (unpaired) electrons. The summed E-state index contributed by atoms with van der Waals surface area (Å²) in [6.07, 6.45) is 0. The Balaban J connectivity index is 1.81. The maximum Gasteiger partial charge on any atom is 0.345 e. The lowest BCUT2D eigenvalue weighted by atomic mass is 10.0. The molecular formula is C22H12O4. The molecule has 3 aromatic rings. The van der Waals surface area contributed by atoms with Gasteiger partial charge in [0.2, 0.25) is 0 Å². The highest BCUT2D eigenvalue weighted by atomic mass is 16.6. The van der Waals surface area contributed by atoms with E-state index in [0.717, 1.165) is 11.1 Å². The van der Waals surface area contributed by atoms with Gasteiger partial charge < -0.3 is 9.47 Å². The molecule has 2 aliphatic rings. The van der Waals surface area contributed by atoms with Gasteiger partial charge in [-0.05, 0) is 23.3 Å². The second-order valence-corrected chi connectivity index (χ2v) is 6.08. The topological polar surface area (TPSA) is 52.6 Å². The monoisotopic (exact) mass is 340 g/mol. The fraction of sp³-hybridized carbons (Fsp3) is 0. The number of benzene rings is 3. The van der Waals surface area contributed by atoms with Crippen LogP contribution in [-0.4, -0.2) is 11.9 Å². The fourth-order valence-electron chi connectivity index (χ4n) is 3.42. The lowest BCUT2D eigenvalue weighted by Crippen LogP contribution is -2.11. The molecule has 2 aliphatic heterocycles. The molecule has 0 bridgehead atoms. The Morgan fingerprint density at radius 2 is 0.885 bits per heavy atom. The van der Waals surface area contributed by atoms with Crippen molar-refractivity contribution >= 4 is 23.1 Å². The fourth-order valence-corrected chi connectivity index (χ4v) is 3.42. The lowest BCUT2D eigenvalue weighted by molar-refractivity contribution is -0.129. The van der Waals surface area contributed by atoms with Crippen molar-refractivity contribution in [2.75, 3.05) is 0 Å². The van der Waals surface area contributed by atoms with Crippen molar-refractivity contribution < 1.29 is 19.1 Å². The first-order valence-corrected chi connectivity index (χ1v) is 8.21. The van der Waals surface area contributed by atoms with Crippen molar-refractivity contribution in [2.45, 2.75) is 0 Å². The van der Waals surface area contributed by atoms with Crippen LogP contribution < -0.4 is 19.9 Å². The molecule has 0 aromatic heterocycles. The summed E-state index contributed by atoms with van der Waals surface area (Å²) >= 11 is 0. The van der Waals surface area contributed by atoms with Gasteiger partial charge in [0.1, 0.15) is 0 Å². The minimum atomic E-state index is -0.441. The summed E-state index contributed by atoms with van der Waals surface area (Å²) in [6.45, 7) is 0. The summed E-state index contributed by atoms with van der Waals surface area (Å²) < 4.78 is 11.0. The summed E-state index contributed by atoms with van der Waals surface area (Å²) in [5.41, 5.74) is 2.50. The van der Waals surface area contributed by atoms with Crippen LogP contribution in [-0.2, 0) is 9.59 Å². The van der Waals surface area contributed by atoms with E-state index in [-0.39, 0.29) is 0 Å². The molecule has 0 amide bonds. The van der Waals surface area contributed by atoms with Gasteiger partial charge in [0, 0.05) is 10.4 Å². The highest BCUT2D eigenvalue weighted by Crippen LogP contribution is 2.32. The van der Waals surface area contributed by atoms with Crippen LogP contribution in [0.4, 0.5) is 0 Å². The summed E-state index contributed by atoms with van der Waals surface area (Å²) in [7, 11) is 0. The molecule has 0 fully saturated rings. The maximum absolute atomic E-state index is 12.5. The van der Waals surface area contributed by atoms with Gasteiger partial charge >= 0.3 is 11.9 Å². The maximum atomic E-state index is 12.5. The van der Waals surface area contributed by atoms with E-state index in [9.17, 15) is 9.59 Å². The minimum Gasteiger partial charge on any atom is -0.418 e. The predicted octanol–water partition coefficient (Wildman–Crippen LogP) is 1.92. The van der Waals surface area contributed by atoms with Crippen LogP contribution in [0.1, 0.15) is 11.1 Å². The van der Waals surface area contributed by atoms with Gasteiger partial charge in [-0.25, -0.2) is 9.59 Å². The van der Waals surface area contributed by atoms with Crippen LogP contribution >= 0.6 is 0 Å². The molecule has 26 heavy (non-hydrogen) atoms. The van der Waals surface area contributed by atoms with Crippen LogP contribution in [0.2, 0.25) is 0 Å². The summed E-state index contributed by atoms with van der Waals surface area (Å²) in [4.78, 5) is 24.9. The second-order valence-electron chi connectivity index (χ2n) is 6.08. The van der Waals surface area contributed by atoms with Gasteiger partial charge in [0.15, 0.2) is 11.5 Å².